The van der Waals surface area contributed by atoms with Crippen LogP contribution in [0.25, 0.3) is 11.3 Å². The van der Waals surface area contributed by atoms with Crippen molar-refractivity contribution < 1.29 is 15.0 Å². The van der Waals surface area contributed by atoms with E-state index in [0.717, 1.165) is 5.56 Å². The quantitative estimate of drug-likeness (QED) is 0.640. The summed E-state index contributed by atoms with van der Waals surface area (Å²) in [4.78, 5) is 12.1. The summed E-state index contributed by atoms with van der Waals surface area (Å²) in [6.07, 6.45) is 1.44. The molecule has 1 heterocycles. The van der Waals surface area contributed by atoms with Crippen LogP contribution in [0.4, 0.5) is 0 Å². The number of aromatic nitrogens is 2. The topological polar surface area (TPSA) is 98.2 Å². The molecule has 0 radical (unpaired) electrons. The van der Waals surface area contributed by atoms with Crippen LogP contribution in [0.1, 0.15) is 17.3 Å². The molecule has 0 saturated carbocycles. The van der Waals surface area contributed by atoms with Gasteiger partial charge in [0.2, 0.25) is 0 Å². The predicted molar refractivity (Wildman–Crippen MR) is 74.1 cm³/mol. The van der Waals surface area contributed by atoms with Crippen molar-refractivity contribution in [2.24, 2.45) is 0 Å². The molecule has 2 aromatic rings. The minimum absolute atomic E-state index is 0.0399. The number of aromatic amines is 1. The van der Waals surface area contributed by atoms with Crippen molar-refractivity contribution in [1.82, 2.24) is 15.5 Å². The molecule has 0 aliphatic rings. The highest BCUT2D eigenvalue weighted by Gasteiger charge is 2.22. The van der Waals surface area contributed by atoms with Crippen LogP contribution in [-0.2, 0) is 0 Å². The predicted octanol–water partition coefficient (Wildman–Crippen LogP) is 0.550. The third-order valence-corrected chi connectivity index (χ3v) is 2.92. The highest BCUT2D eigenvalue weighted by atomic mass is 16.3. The molecule has 0 fully saturated rings. The summed E-state index contributed by atoms with van der Waals surface area (Å²) in [7, 11) is 0. The third kappa shape index (κ3) is 3.23. The monoisotopic (exact) mass is 275 g/mol. The Hall–Kier alpha value is -2.18. The number of amides is 1. The zero-order valence-electron chi connectivity index (χ0n) is 11.1. The van der Waals surface area contributed by atoms with Crippen molar-refractivity contribution in [3.63, 3.8) is 0 Å². The number of aliphatic hydroxyl groups excluding tert-OH is 1. The number of H-pyrrole nitrogens is 1. The zero-order chi connectivity index (χ0) is 14.6. The van der Waals surface area contributed by atoms with E-state index in [4.69, 9.17) is 5.11 Å². The second kappa shape index (κ2) is 5.85. The number of rotatable bonds is 5. The standard InChI is InChI=1S/C14H17N3O3/c1-14(20,9-18)8-15-13(19)11-7-16-17-12(11)10-5-3-2-4-6-10/h2-7,18,20H,8-9H2,1H3,(H,15,19)(H,16,17). The molecule has 1 unspecified atom stereocenters. The Kier molecular flexibility index (Phi) is 4.16. The molecule has 106 valence electrons. The number of carbonyl (C=O) groups excluding carboxylic acids is 1. The van der Waals surface area contributed by atoms with Crippen molar-refractivity contribution in [3.8, 4) is 11.3 Å². The van der Waals surface area contributed by atoms with E-state index in [1.807, 2.05) is 30.3 Å². The Balaban J connectivity index is 2.14. The van der Waals surface area contributed by atoms with E-state index < -0.39 is 12.2 Å². The van der Waals surface area contributed by atoms with Crippen molar-refractivity contribution in [1.29, 1.82) is 0 Å². The van der Waals surface area contributed by atoms with Crippen molar-refractivity contribution in [3.05, 3.63) is 42.1 Å². The van der Waals surface area contributed by atoms with Gasteiger partial charge in [0.1, 0.15) is 5.60 Å². The summed E-state index contributed by atoms with van der Waals surface area (Å²) in [6.45, 7) is 0.979. The first kappa shape index (κ1) is 14.2. The van der Waals surface area contributed by atoms with Crippen molar-refractivity contribution in [2.75, 3.05) is 13.2 Å². The molecule has 1 amide bonds. The first-order valence-corrected chi connectivity index (χ1v) is 6.24. The summed E-state index contributed by atoms with van der Waals surface area (Å²) in [5.74, 6) is -0.355. The second-order valence-corrected chi connectivity index (χ2v) is 4.86. The van der Waals surface area contributed by atoms with Crippen LogP contribution in [0.3, 0.4) is 0 Å². The van der Waals surface area contributed by atoms with Gasteiger partial charge in [0, 0.05) is 12.1 Å². The molecule has 20 heavy (non-hydrogen) atoms. The molecule has 0 spiro atoms. The van der Waals surface area contributed by atoms with Gasteiger partial charge >= 0.3 is 0 Å². The fourth-order valence-corrected chi connectivity index (χ4v) is 1.71. The lowest BCUT2D eigenvalue weighted by Gasteiger charge is -2.20. The zero-order valence-corrected chi connectivity index (χ0v) is 11.1. The number of hydrogen-bond acceptors (Lipinski definition) is 4. The summed E-state index contributed by atoms with van der Waals surface area (Å²) in [5, 5.41) is 27.9. The van der Waals surface area contributed by atoms with E-state index in [9.17, 15) is 9.90 Å². The van der Waals surface area contributed by atoms with Gasteiger partial charge in [-0.2, -0.15) is 5.10 Å². The van der Waals surface area contributed by atoms with Gasteiger partial charge in [-0.15, -0.1) is 0 Å². The molecule has 0 saturated heterocycles. The number of carbonyl (C=O) groups is 1. The summed E-state index contributed by atoms with van der Waals surface area (Å²) < 4.78 is 0. The first-order valence-electron chi connectivity index (χ1n) is 6.24. The lowest BCUT2D eigenvalue weighted by atomic mass is 10.1. The normalized spacial score (nSPS) is 13.8. The van der Waals surface area contributed by atoms with E-state index in [1.54, 1.807) is 0 Å². The summed E-state index contributed by atoms with van der Waals surface area (Å²) in [5.41, 5.74) is 0.521. The Morgan fingerprint density at radius 2 is 2.10 bits per heavy atom. The Labute approximate surface area is 116 Å². The molecule has 0 bridgehead atoms. The lowest BCUT2D eigenvalue weighted by Crippen LogP contribution is -2.43. The molecule has 0 aliphatic heterocycles. The smallest absolute Gasteiger partial charge is 0.255 e. The van der Waals surface area contributed by atoms with Crippen LogP contribution in [0.5, 0.6) is 0 Å². The average molecular weight is 275 g/mol. The fraction of sp³-hybridized carbons (Fsp3) is 0.286. The maximum absolute atomic E-state index is 12.1. The fourth-order valence-electron chi connectivity index (χ4n) is 1.71. The van der Waals surface area contributed by atoms with E-state index in [1.165, 1.54) is 13.1 Å². The van der Waals surface area contributed by atoms with Gasteiger partial charge < -0.3 is 15.5 Å². The molecule has 6 heteroatoms. The van der Waals surface area contributed by atoms with Gasteiger partial charge in [-0.25, -0.2) is 0 Å². The van der Waals surface area contributed by atoms with Gasteiger partial charge in [-0.1, -0.05) is 30.3 Å². The largest absolute Gasteiger partial charge is 0.393 e. The summed E-state index contributed by atoms with van der Waals surface area (Å²) >= 11 is 0. The minimum Gasteiger partial charge on any atom is -0.393 e. The molecular weight excluding hydrogens is 258 g/mol. The van der Waals surface area contributed by atoms with Crippen LogP contribution in [-0.4, -0.2) is 45.1 Å². The maximum Gasteiger partial charge on any atom is 0.255 e. The first-order chi connectivity index (χ1) is 9.53. The van der Waals surface area contributed by atoms with Crippen LogP contribution < -0.4 is 5.32 Å². The van der Waals surface area contributed by atoms with Crippen LogP contribution in [0.2, 0.25) is 0 Å². The van der Waals surface area contributed by atoms with Crippen LogP contribution in [0, 0.1) is 0 Å². The van der Waals surface area contributed by atoms with E-state index in [0.29, 0.717) is 11.3 Å². The highest BCUT2D eigenvalue weighted by Crippen LogP contribution is 2.20. The van der Waals surface area contributed by atoms with Gasteiger partial charge in [0.15, 0.2) is 0 Å². The molecule has 1 atom stereocenters. The van der Waals surface area contributed by atoms with E-state index >= 15 is 0 Å². The van der Waals surface area contributed by atoms with Gasteiger partial charge in [-0.05, 0) is 6.92 Å². The Morgan fingerprint density at radius 1 is 1.40 bits per heavy atom. The van der Waals surface area contributed by atoms with E-state index in [2.05, 4.69) is 15.5 Å². The number of aliphatic hydroxyl groups is 2. The summed E-state index contributed by atoms with van der Waals surface area (Å²) in [6, 6.07) is 9.36. The number of nitrogens with zero attached hydrogens (tertiary/aromatic N) is 1. The molecule has 6 nitrogen and oxygen atoms in total. The van der Waals surface area contributed by atoms with Gasteiger partial charge in [0.25, 0.3) is 5.91 Å². The highest BCUT2D eigenvalue weighted by molar-refractivity contribution is 5.99. The number of nitrogens with one attached hydrogen (secondary N) is 2. The SMILES string of the molecule is CC(O)(CO)CNC(=O)c1cn[nH]c1-c1ccccc1. The Bertz CT molecular complexity index is 578. The molecule has 1 aromatic heterocycles. The maximum atomic E-state index is 12.1. The van der Waals surface area contributed by atoms with E-state index in [-0.39, 0.29) is 12.5 Å². The minimum atomic E-state index is -1.34. The van der Waals surface area contributed by atoms with Gasteiger partial charge in [0.05, 0.1) is 24.1 Å². The number of benzene rings is 1. The average Bonchev–Trinajstić information content (AvgIpc) is 2.95. The molecule has 2 rings (SSSR count). The Morgan fingerprint density at radius 3 is 2.75 bits per heavy atom. The molecular formula is C14H17N3O3. The number of hydrogen-bond donors (Lipinski definition) is 4. The van der Waals surface area contributed by atoms with Crippen LogP contribution >= 0.6 is 0 Å². The third-order valence-electron chi connectivity index (χ3n) is 2.92. The molecule has 0 aliphatic carbocycles. The molecule has 4 N–H and O–H groups in total. The lowest BCUT2D eigenvalue weighted by molar-refractivity contribution is 0.00320. The van der Waals surface area contributed by atoms with Crippen molar-refractivity contribution in [2.45, 2.75) is 12.5 Å². The second-order valence-electron chi connectivity index (χ2n) is 4.86. The van der Waals surface area contributed by atoms with Crippen molar-refractivity contribution >= 4 is 5.91 Å². The van der Waals surface area contributed by atoms with Gasteiger partial charge in [-0.3, -0.25) is 9.89 Å². The molecule has 1 aromatic carbocycles. The van der Waals surface area contributed by atoms with Crippen LogP contribution in [0.15, 0.2) is 36.5 Å².